The molecule has 0 saturated heterocycles. The maximum Gasteiger partial charge on any atom is 0.270 e. The summed E-state index contributed by atoms with van der Waals surface area (Å²) in [6.07, 6.45) is 0. The molecule has 2 aromatic rings. The van der Waals surface area contributed by atoms with E-state index in [2.05, 4.69) is 9.97 Å². The van der Waals surface area contributed by atoms with Gasteiger partial charge in [0, 0.05) is 12.7 Å². The maximum atomic E-state index is 11.6. The number of aromatic amines is 1. The highest BCUT2D eigenvalue weighted by atomic mass is 35.5. The predicted molar refractivity (Wildman–Crippen MR) is 77.4 cm³/mol. The van der Waals surface area contributed by atoms with Crippen LogP contribution in [0.25, 0.3) is 11.3 Å². The van der Waals surface area contributed by atoms with Crippen molar-refractivity contribution in [1.82, 2.24) is 9.97 Å². The molecule has 0 spiro atoms. The van der Waals surface area contributed by atoms with E-state index >= 15 is 0 Å². The minimum absolute atomic E-state index is 0.0867. The van der Waals surface area contributed by atoms with Crippen LogP contribution in [0.15, 0.2) is 29.1 Å². The molecule has 0 saturated carbocycles. The van der Waals surface area contributed by atoms with Crippen LogP contribution >= 0.6 is 11.6 Å². The molecule has 0 amide bonds. The summed E-state index contributed by atoms with van der Waals surface area (Å²) in [4.78, 5) is 18.4. The van der Waals surface area contributed by atoms with Gasteiger partial charge in [-0.3, -0.25) is 4.79 Å². The zero-order valence-corrected chi connectivity index (χ0v) is 12.0. The van der Waals surface area contributed by atoms with Gasteiger partial charge in [0.05, 0.1) is 12.3 Å². The van der Waals surface area contributed by atoms with Crippen molar-refractivity contribution in [2.45, 2.75) is 6.92 Å². The van der Waals surface area contributed by atoms with Gasteiger partial charge in [0.1, 0.15) is 23.2 Å². The van der Waals surface area contributed by atoms with Gasteiger partial charge in [0.15, 0.2) is 0 Å². The average molecular weight is 295 g/mol. The molecule has 1 aromatic carbocycles. The molecule has 1 aromatic heterocycles. The van der Waals surface area contributed by atoms with Crippen molar-refractivity contribution in [3.8, 4) is 17.0 Å². The van der Waals surface area contributed by atoms with Crippen molar-refractivity contribution >= 4 is 11.6 Å². The van der Waals surface area contributed by atoms with E-state index in [1.165, 1.54) is 0 Å². The van der Waals surface area contributed by atoms with Crippen LogP contribution in [0, 0.1) is 6.92 Å². The van der Waals surface area contributed by atoms with E-state index in [0.29, 0.717) is 24.7 Å². The molecule has 106 valence electrons. The van der Waals surface area contributed by atoms with Gasteiger partial charge in [0.2, 0.25) is 0 Å². The minimum atomic E-state index is -0.338. The number of hydrogen-bond donors (Lipinski definition) is 1. The molecular weight excluding hydrogens is 280 g/mol. The van der Waals surface area contributed by atoms with Gasteiger partial charge in [0.25, 0.3) is 5.56 Å². The number of hydrogen-bond acceptors (Lipinski definition) is 4. The molecule has 1 heterocycles. The molecule has 2 rings (SSSR count). The summed E-state index contributed by atoms with van der Waals surface area (Å²) in [6.45, 7) is 2.73. The van der Waals surface area contributed by atoms with Crippen LogP contribution in [0.2, 0.25) is 5.02 Å². The number of nitrogens with one attached hydrogen (secondary N) is 1. The van der Waals surface area contributed by atoms with E-state index in [0.717, 1.165) is 11.3 Å². The Morgan fingerprint density at radius 3 is 2.60 bits per heavy atom. The van der Waals surface area contributed by atoms with Crippen molar-refractivity contribution in [3.63, 3.8) is 0 Å². The molecule has 0 unspecified atom stereocenters. The summed E-state index contributed by atoms with van der Waals surface area (Å²) in [5.74, 6) is 1.25. The van der Waals surface area contributed by atoms with Crippen molar-refractivity contribution in [2.24, 2.45) is 0 Å². The van der Waals surface area contributed by atoms with Crippen molar-refractivity contribution < 1.29 is 9.47 Å². The van der Waals surface area contributed by atoms with Crippen LogP contribution in [-0.2, 0) is 4.74 Å². The third kappa shape index (κ3) is 3.37. The van der Waals surface area contributed by atoms with E-state index < -0.39 is 0 Å². The van der Waals surface area contributed by atoms with Gasteiger partial charge in [-0.05, 0) is 31.2 Å². The molecule has 0 atom stereocenters. The van der Waals surface area contributed by atoms with Gasteiger partial charge in [-0.1, -0.05) is 11.6 Å². The second kappa shape index (κ2) is 6.54. The third-order valence-electron chi connectivity index (χ3n) is 2.67. The first kappa shape index (κ1) is 14.6. The summed E-state index contributed by atoms with van der Waals surface area (Å²) in [7, 11) is 1.62. The fourth-order valence-electron chi connectivity index (χ4n) is 1.71. The number of halogens is 1. The molecule has 6 heteroatoms. The zero-order valence-electron chi connectivity index (χ0n) is 11.3. The molecule has 0 radical (unpaired) electrons. The Hall–Kier alpha value is -1.85. The molecule has 0 bridgehead atoms. The minimum Gasteiger partial charge on any atom is -0.491 e. The SMILES string of the molecule is COCCOc1ccc(-c2nc(C)[nH]c(=O)c2Cl)cc1. The first-order chi connectivity index (χ1) is 9.61. The first-order valence-corrected chi connectivity index (χ1v) is 6.48. The lowest BCUT2D eigenvalue weighted by Crippen LogP contribution is -2.11. The van der Waals surface area contributed by atoms with Crippen LogP contribution in [0.4, 0.5) is 0 Å². The molecule has 20 heavy (non-hydrogen) atoms. The lowest BCUT2D eigenvalue weighted by atomic mass is 10.1. The Bertz CT molecular complexity index is 638. The topological polar surface area (TPSA) is 64.2 Å². The van der Waals surface area contributed by atoms with Gasteiger partial charge in [-0.2, -0.15) is 0 Å². The standard InChI is InChI=1S/C14H15ClN2O3/c1-9-16-13(12(15)14(18)17-9)10-3-5-11(6-4-10)20-8-7-19-2/h3-6H,7-8H2,1-2H3,(H,16,17,18). The van der Waals surface area contributed by atoms with E-state index in [1.54, 1.807) is 26.2 Å². The summed E-state index contributed by atoms with van der Waals surface area (Å²) >= 11 is 5.99. The Morgan fingerprint density at radius 1 is 1.25 bits per heavy atom. The van der Waals surface area contributed by atoms with Crippen molar-refractivity contribution in [2.75, 3.05) is 20.3 Å². The van der Waals surface area contributed by atoms with Gasteiger partial charge in [-0.15, -0.1) is 0 Å². The Kier molecular flexibility index (Phi) is 4.76. The van der Waals surface area contributed by atoms with E-state index in [4.69, 9.17) is 21.1 Å². The maximum absolute atomic E-state index is 11.6. The highest BCUT2D eigenvalue weighted by molar-refractivity contribution is 6.32. The van der Waals surface area contributed by atoms with Gasteiger partial charge >= 0.3 is 0 Å². The second-order valence-electron chi connectivity index (χ2n) is 4.18. The number of aromatic nitrogens is 2. The number of aryl methyl sites for hydroxylation is 1. The van der Waals surface area contributed by atoms with Crippen molar-refractivity contribution in [3.05, 3.63) is 45.5 Å². The highest BCUT2D eigenvalue weighted by Gasteiger charge is 2.10. The lowest BCUT2D eigenvalue weighted by Gasteiger charge is -2.07. The molecule has 0 aliphatic carbocycles. The summed E-state index contributed by atoms with van der Waals surface area (Å²) in [6, 6.07) is 7.24. The molecule has 1 N–H and O–H groups in total. The van der Waals surface area contributed by atoms with Gasteiger partial charge in [-0.25, -0.2) is 4.98 Å². The number of rotatable bonds is 5. The number of methoxy groups -OCH3 is 1. The number of H-pyrrole nitrogens is 1. The van der Waals surface area contributed by atoms with Crippen LogP contribution < -0.4 is 10.3 Å². The fourth-order valence-corrected chi connectivity index (χ4v) is 1.91. The van der Waals surface area contributed by atoms with E-state index in [1.807, 2.05) is 12.1 Å². The first-order valence-electron chi connectivity index (χ1n) is 6.10. The largest absolute Gasteiger partial charge is 0.491 e. The van der Waals surface area contributed by atoms with Crippen molar-refractivity contribution in [1.29, 1.82) is 0 Å². The second-order valence-corrected chi connectivity index (χ2v) is 4.56. The molecule has 0 aliphatic rings. The smallest absolute Gasteiger partial charge is 0.270 e. The van der Waals surface area contributed by atoms with Crippen LogP contribution in [-0.4, -0.2) is 30.3 Å². The summed E-state index contributed by atoms with van der Waals surface area (Å²) in [5, 5.41) is 0.0867. The quantitative estimate of drug-likeness (QED) is 0.860. The van der Waals surface area contributed by atoms with E-state index in [9.17, 15) is 4.79 Å². The Labute approximate surface area is 121 Å². The monoisotopic (exact) mass is 294 g/mol. The lowest BCUT2D eigenvalue weighted by molar-refractivity contribution is 0.146. The summed E-state index contributed by atoms with van der Waals surface area (Å²) < 4.78 is 10.4. The van der Waals surface area contributed by atoms with Crippen LogP contribution in [0.3, 0.4) is 0 Å². The third-order valence-corrected chi connectivity index (χ3v) is 3.02. The average Bonchev–Trinajstić information content (AvgIpc) is 2.44. The van der Waals surface area contributed by atoms with Crippen LogP contribution in [0.5, 0.6) is 5.75 Å². The fraction of sp³-hybridized carbons (Fsp3) is 0.286. The van der Waals surface area contributed by atoms with Gasteiger partial charge < -0.3 is 14.5 Å². The molecule has 0 fully saturated rings. The van der Waals surface area contributed by atoms with Crippen LogP contribution in [0.1, 0.15) is 5.82 Å². The molecular formula is C14H15ClN2O3. The number of nitrogens with zero attached hydrogens (tertiary/aromatic N) is 1. The normalized spacial score (nSPS) is 10.6. The zero-order chi connectivity index (χ0) is 14.5. The Balaban J connectivity index is 2.24. The molecule has 0 aliphatic heterocycles. The summed E-state index contributed by atoms with van der Waals surface area (Å²) in [5.41, 5.74) is 0.897. The number of benzene rings is 1. The highest BCUT2D eigenvalue weighted by Crippen LogP contribution is 2.24. The molecule has 5 nitrogen and oxygen atoms in total. The Morgan fingerprint density at radius 2 is 1.95 bits per heavy atom. The number of ether oxygens (including phenoxy) is 2. The van der Waals surface area contributed by atoms with E-state index in [-0.39, 0.29) is 10.6 Å². The predicted octanol–water partition coefficient (Wildman–Crippen LogP) is 2.42.